The molecule has 0 aliphatic carbocycles. The molecule has 23 heavy (non-hydrogen) atoms. The third-order valence-electron chi connectivity index (χ3n) is 3.10. The first-order valence-corrected chi connectivity index (χ1v) is 8.58. The zero-order valence-corrected chi connectivity index (χ0v) is 13.5. The lowest BCUT2D eigenvalue weighted by Gasteiger charge is -2.30. The maximum absolute atomic E-state index is 12.9. The van der Waals surface area contributed by atoms with Crippen molar-refractivity contribution in [2.75, 3.05) is 6.26 Å². The van der Waals surface area contributed by atoms with Crippen molar-refractivity contribution >= 4 is 26.6 Å². The van der Waals surface area contributed by atoms with E-state index in [2.05, 4.69) is 4.99 Å². The monoisotopic (exact) mass is 367 g/mol. The number of alkyl halides is 3. The molecule has 1 heterocycles. The van der Waals surface area contributed by atoms with Gasteiger partial charge in [0.15, 0.2) is 16.1 Å². The Morgan fingerprint density at radius 1 is 1.39 bits per heavy atom. The molecule has 5 nitrogen and oxygen atoms in total. The number of allylic oxidation sites excluding steroid dienone is 1. The van der Waals surface area contributed by atoms with Gasteiger partial charge in [0.1, 0.15) is 10.7 Å². The van der Waals surface area contributed by atoms with Gasteiger partial charge >= 0.3 is 6.18 Å². The van der Waals surface area contributed by atoms with Crippen LogP contribution >= 0.6 is 11.6 Å². The average molecular weight is 368 g/mol. The molecule has 1 unspecified atom stereocenters. The molecule has 1 atom stereocenters. The minimum atomic E-state index is -4.66. The van der Waals surface area contributed by atoms with Gasteiger partial charge in [-0.2, -0.15) is 13.2 Å². The van der Waals surface area contributed by atoms with Gasteiger partial charge in [-0.25, -0.2) is 13.4 Å². The van der Waals surface area contributed by atoms with Crippen LogP contribution in [0.2, 0.25) is 0 Å². The molecule has 10 heteroatoms. The largest absolute Gasteiger partial charge is 0.420 e. The number of nitrogens with two attached hydrogens (primary N) is 1. The van der Waals surface area contributed by atoms with Crippen LogP contribution in [0.25, 0.3) is 0 Å². The SMILES string of the molecule is CS(=O)(=O)c1cccc(CN2C=C(C(F)(F)F)C(Cl)=NC2N)c1. The Hall–Kier alpha value is -1.58. The fourth-order valence-electron chi connectivity index (χ4n) is 1.97. The van der Waals surface area contributed by atoms with E-state index >= 15 is 0 Å². The van der Waals surface area contributed by atoms with Crippen molar-refractivity contribution in [3.05, 3.63) is 41.6 Å². The van der Waals surface area contributed by atoms with Crippen molar-refractivity contribution in [3.63, 3.8) is 0 Å². The number of nitrogens with zero attached hydrogens (tertiary/aromatic N) is 2. The molecule has 0 saturated heterocycles. The molecule has 0 amide bonds. The van der Waals surface area contributed by atoms with E-state index in [1.807, 2.05) is 0 Å². The summed E-state index contributed by atoms with van der Waals surface area (Å²) >= 11 is 5.49. The van der Waals surface area contributed by atoms with Gasteiger partial charge < -0.3 is 4.90 Å². The highest BCUT2D eigenvalue weighted by Gasteiger charge is 2.39. The molecule has 0 radical (unpaired) electrons. The van der Waals surface area contributed by atoms with Crippen molar-refractivity contribution in [1.82, 2.24) is 4.90 Å². The fourth-order valence-corrected chi connectivity index (χ4v) is 2.92. The Morgan fingerprint density at radius 2 is 2.04 bits per heavy atom. The molecule has 1 aromatic carbocycles. The van der Waals surface area contributed by atoms with Crippen molar-refractivity contribution in [3.8, 4) is 0 Å². The minimum absolute atomic E-state index is 0.0439. The Kier molecular flexibility index (Phi) is 4.74. The highest BCUT2D eigenvalue weighted by molar-refractivity contribution is 7.90. The lowest BCUT2D eigenvalue weighted by Crippen LogP contribution is -2.41. The molecule has 0 saturated carbocycles. The van der Waals surface area contributed by atoms with Crippen LogP contribution < -0.4 is 5.73 Å². The van der Waals surface area contributed by atoms with Gasteiger partial charge in [-0.1, -0.05) is 23.7 Å². The van der Waals surface area contributed by atoms with E-state index in [9.17, 15) is 21.6 Å². The normalized spacial score (nSPS) is 19.4. The van der Waals surface area contributed by atoms with E-state index < -0.39 is 33.0 Å². The van der Waals surface area contributed by atoms with Gasteiger partial charge in [-0.15, -0.1) is 0 Å². The first-order valence-electron chi connectivity index (χ1n) is 6.31. The summed E-state index contributed by atoms with van der Waals surface area (Å²) in [5.41, 5.74) is 5.05. The Labute approximate surface area is 136 Å². The van der Waals surface area contributed by atoms with Crippen LogP contribution in [0.5, 0.6) is 0 Å². The van der Waals surface area contributed by atoms with Gasteiger partial charge in [-0.3, -0.25) is 5.73 Å². The number of halogens is 4. The van der Waals surface area contributed by atoms with Gasteiger partial charge in [0.05, 0.1) is 4.90 Å². The summed E-state index contributed by atoms with van der Waals surface area (Å²) in [6.07, 6.45) is -3.92. The lowest BCUT2D eigenvalue weighted by atomic mass is 10.2. The van der Waals surface area contributed by atoms with Crippen molar-refractivity contribution < 1.29 is 21.6 Å². The molecular formula is C13H13ClF3N3O2S. The molecule has 1 aliphatic rings. The number of hydrogen-bond acceptors (Lipinski definition) is 5. The maximum atomic E-state index is 12.9. The summed E-state index contributed by atoms with van der Waals surface area (Å²) < 4.78 is 61.7. The fraction of sp³-hybridized carbons (Fsp3) is 0.308. The van der Waals surface area contributed by atoms with E-state index in [0.29, 0.717) is 5.56 Å². The third-order valence-corrected chi connectivity index (χ3v) is 4.51. The zero-order chi connectivity index (χ0) is 17.4. The highest BCUT2D eigenvalue weighted by atomic mass is 35.5. The first kappa shape index (κ1) is 17.8. The molecule has 2 N–H and O–H groups in total. The molecule has 0 bridgehead atoms. The molecule has 2 rings (SSSR count). The molecule has 0 fully saturated rings. The van der Waals surface area contributed by atoms with Crippen LogP contribution in [0.4, 0.5) is 13.2 Å². The van der Waals surface area contributed by atoms with Gasteiger partial charge in [0.25, 0.3) is 0 Å². The molecular weight excluding hydrogens is 355 g/mol. The topological polar surface area (TPSA) is 75.8 Å². The lowest BCUT2D eigenvalue weighted by molar-refractivity contribution is -0.0876. The minimum Gasteiger partial charge on any atom is -0.339 e. The predicted molar refractivity (Wildman–Crippen MR) is 80.5 cm³/mol. The van der Waals surface area contributed by atoms with E-state index in [4.69, 9.17) is 17.3 Å². The molecule has 0 aromatic heterocycles. The van der Waals surface area contributed by atoms with Crippen LogP contribution in [0.1, 0.15) is 5.56 Å². The van der Waals surface area contributed by atoms with Crippen molar-refractivity contribution in [2.24, 2.45) is 10.7 Å². The van der Waals surface area contributed by atoms with Crippen molar-refractivity contribution in [2.45, 2.75) is 23.9 Å². The molecule has 1 aliphatic heterocycles. The van der Waals surface area contributed by atoms with Gasteiger partial charge in [0.2, 0.25) is 0 Å². The van der Waals surface area contributed by atoms with Crippen molar-refractivity contribution in [1.29, 1.82) is 0 Å². The first-order chi connectivity index (χ1) is 10.5. The maximum Gasteiger partial charge on any atom is 0.420 e. The van der Waals surface area contributed by atoms with E-state index in [-0.39, 0.29) is 11.4 Å². The quantitative estimate of drug-likeness (QED) is 0.889. The highest BCUT2D eigenvalue weighted by Crippen LogP contribution is 2.31. The molecule has 0 spiro atoms. The van der Waals surface area contributed by atoms with E-state index in [1.165, 1.54) is 18.2 Å². The summed E-state index contributed by atoms with van der Waals surface area (Å²) in [5, 5.41) is -0.703. The van der Waals surface area contributed by atoms with Crippen LogP contribution in [-0.2, 0) is 16.4 Å². The van der Waals surface area contributed by atoms with E-state index in [0.717, 1.165) is 17.4 Å². The van der Waals surface area contributed by atoms with E-state index in [1.54, 1.807) is 6.07 Å². The zero-order valence-electron chi connectivity index (χ0n) is 11.9. The summed E-state index contributed by atoms with van der Waals surface area (Å²) in [7, 11) is -3.42. The Morgan fingerprint density at radius 3 is 2.61 bits per heavy atom. The van der Waals surface area contributed by atoms with Crippen LogP contribution in [0.3, 0.4) is 0 Å². The third kappa shape index (κ3) is 4.24. The van der Waals surface area contributed by atoms with Crippen LogP contribution in [-0.4, -0.2) is 37.2 Å². The number of aliphatic imine (C=N–C) groups is 1. The smallest absolute Gasteiger partial charge is 0.339 e. The van der Waals surface area contributed by atoms with Gasteiger partial charge in [-0.05, 0) is 17.7 Å². The van der Waals surface area contributed by atoms with Crippen LogP contribution in [0.15, 0.2) is 45.9 Å². The second-order valence-electron chi connectivity index (χ2n) is 4.97. The second-order valence-corrected chi connectivity index (χ2v) is 7.34. The number of sulfone groups is 1. The Balaban J connectivity index is 2.31. The summed E-state index contributed by atoms with van der Waals surface area (Å²) in [4.78, 5) is 4.77. The second kappa shape index (κ2) is 6.14. The van der Waals surface area contributed by atoms with Crippen LogP contribution in [0, 0.1) is 0 Å². The summed E-state index contributed by atoms with van der Waals surface area (Å²) in [6.45, 7) is -0.0439. The predicted octanol–water partition coefficient (Wildman–Crippen LogP) is 2.23. The number of benzene rings is 1. The van der Waals surface area contributed by atoms with Gasteiger partial charge in [0, 0.05) is 19.0 Å². The Bertz CT molecular complexity index is 775. The molecule has 126 valence electrons. The summed E-state index contributed by atoms with van der Waals surface area (Å²) in [5.74, 6) is 0. The molecule has 1 aromatic rings. The number of rotatable bonds is 3. The average Bonchev–Trinajstić information content (AvgIpc) is 2.40. The summed E-state index contributed by atoms with van der Waals surface area (Å²) in [6, 6.07) is 5.87. The number of hydrogen-bond donors (Lipinski definition) is 1. The standard InChI is InChI=1S/C13H13ClF3N3O2S/c1-23(21,22)9-4-2-3-8(5-9)6-20-7-10(13(15,16)17)11(14)19-12(20)18/h2-5,7,12H,6,18H2,1H3.